The second-order valence-electron chi connectivity index (χ2n) is 7.57. The van der Waals surface area contributed by atoms with Crippen molar-refractivity contribution in [2.24, 2.45) is 5.92 Å². The molecule has 0 bridgehead atoms. The van der Waals surface area contributed by atoms with Crippen LogP contribution in [0.2, 0.25) is 0 Å². The van der Waals surface area contributed by atoms with E-state index in [-0.39, 0.29) is 23.8 Å². The number of esters is 1. The molecular formula is C21H30N2O4. The lowest BCUT2D eigenvalue weighted by Gasteiger charge is -2.40. The molecule has 6 nitrogen and oxygen atoms in total. The Bertz CT molecular complexity index is 628. The van der Waals surface area contributed by atoms with Gasteiger partial charge in [-0.25, -0.2) is 0 Å². The van der Waals surface area contributed by atoms with E-state index < -0.39 is 6.10 Å². The maximum absolute atomic E-state index is 12.8. The van der Waals surface area contributed by atoms with E-state index in [1.54, 1.807) is 0 Å². The van der Waals surface area contributed by atoms with Crippen molar-refractivity contribution in [2.75, 3.05) is 33.3 Å². The van der Waals surface area contributed by atoms with Crippen LogP contribution >= 0.6 is 0 Å². The van der Waals surface area contributed by atoms with Crippen LogP contribution in [0.15, 0.2) is 30.3 Å². The van der Waals surface area contributed by atoms with Crippen LogP contribution < -0.4 is 0 Å². The standard InChI is InChI=1S/C21H30N2O4/c1-27-21(26)17-10-13-22(14-11-17)19(24)15-23-12-6-5-9-18(23)20(25)16-7-3-2-4-8-16/h2-4,7-8,17-18,20,25H,5-6,9-15H2,1H3/t18-,20+/m1/s1. The van der Waals surface area contributed by atoms with Gasteiger partial charge in [0.15, 0.2) is 0 Å². The van der Waals surface area contributed by atoms with Gasteiger partial charge in [-0.05, 0) is 37.8 Å². The number of nitrogens with zero attached hydrogens (tertiary/aromatic N) is 2. The van der Waals surface area contributed by atoms with Gasteiger partial charge in [0.25, 0.3) is 0 Å². The highest BCUT2D eigenvalue weighted by Crippen LogP contribution is 2.29. The van der Waals surface area contributed by atoms with Crippen LogP contribution in [-0.4, -0.2) is 66.1 Å². The number of aliphatic hydroxyl groups is 1. The molecule has 2 fully saturated rings. The van der Waals surface area contributed by atoms with Crippen LogP contribution in [0.25, 0.3) is 0 Å². The minimum atomic E-state index is -0.579. The van der Waals surface area contributed by atoms with Gasteiger partial charge in [-0.15, -0.1) is 0 Å². The highest BCUT2D eigenvalue weighted by molar-refractivity contribution is 5.79. The summed E-state index contributed by atoms with van der Waals surface area (Å²) in [4.78, 5) is 28.4. The molecule has 6 heteroatoms. The summed E-state index contributed by atoms with van der Waals surface area (Å²) in [6.45, 7) is 2.35. The molecule has 2 aliphatic rings. The molecule has 0 unspecified atom stereocenters. The average Bonchev–Trinajstić information content (AvgIpc) is 2.73. The fourth-order valence-corrected chi connectivity index (χ4v) is 4.25. The van der Waals surface area contributed by atoms with E-state index in [9.17, 15) is 14.7 Å². The molecule has 2 aliphatic heterocycles. The number of rotatable bonds is 5. The number of aliphatic hydroxyl groups excluding tert-OH is 1. The minimum absolute atomic E-state index is 0.0299. The number of benzene rings is 1. The molecule has 27 heavy (non-hydrogen) atoms. The Hall–Kier alpha value is -1.92. The van der Waals surface area contributed by atoms with E-state index in [4.69, 9.17) is 4.74 Å². The Morgan fingerprint density at radius 2 is 1.81 bits per heavy atom. The summed E-state index contributed by atoms with van der Waals surface area (Å²) >= 11 is 0. The maximum atomic E-state index is 12.8. The Labute approximate surface area is 161 Å². The molecule has 148 valence electrons. The largest absolute Gasteiger partial charge is 0.469 e. The number of ether oxygens (including phenoxy) is 1. The summed E-state index contributed by atoms with van der Waals surface area (Å²) in [6, 6.07) is 9.66. The molecule has 1 amide bonds. The topological polar surface area (TPSA) is 70.1 Å². The predicted molar refractivity (Wildman–Crippen MR) is 102 cm³/mol. The quantitative estimate of drug-likeness (QED) is 0.798. The average molecular weight is 374 g/mol. The van der Waals surface area contributed by atoms with Gasteiger partial charge in [-0.1, -0.05) is 36.8 Å². The van der Waals surface area contributed by atoms with E-state index >= 15 is 0 Å². The summed E-state index contributed by atoms with van der Waals surface area (Å²) < 4.78 is 4.81. The van der Waals surface area contributed by atoms with Crippen molar-refractivity contribution in [1.82, 2.24) is 9.80 Å². The summed E-state index contributed by atoms with van der Waals surface area (Å²) in [7, 11) is 1.41. The number of carbonyl (C=O) groups is 2. The number of likely N-dealkylation sites (tertiary alicyclic amines) is 2. The van der Waals surface area contributed by atoms with Gasteiger partial charge in [-0.3, -0.25) is 14.5 Å². The molecule has 2 heterocycles. The first-order valence-corrected chi connectivity index (χ1v) is 9.93. The smallest absolute Gasteiger partial charge is 0.308 e. The Kier molecular flexibility index (Phi) is 6.85. The lowest BCUT2D eigenvalue weighted by Crippen LogP contribution is -2.50. The maximum Gasteiger partial charge on any atom is 0.308 e. The molecule has 2 saturated heterocycles. The van der Waals surface area contributed by atoms with Gasteiger partial charge in [0.2, 0.25) is 5.91 Å². The fraction of sp³-hybridized carbons (Fsp3) is 0.619. The molecule has 0 aliphatic carbocycles. The van der Waals surface area contributed by atoms with Crippen LogP contribution in [0.3, 0.4) is 0 Å². The molecule has 1 aromatic rings. The Morgan fingerprint density at radius 3 is 2.48 bits per heavy atom. The zero-order chi connectivity index (χ0) is 19.2. The second kappa shape index (κ2) is 9.33. The number of amides is 1. The highest BCUT2D eigenvalue weighted by Gasteiger charge is 2.33. The minimum Gasteiger partial charge on any atom is -0.469 e. The number of hydrogen-bond acceptors (Lipinski definition) is 5. The number of methoxy groups -OCH3 is 1. The fourth-order valence-electron chi connectivity index (χ4n) is 4.25. The molecule has 0 aromatic heterocycles. The zero-order valence-electron chi connectivity index (χ0n) is 16.0. The SMILES string of the molecule is COC(=O)C1CCN(C(=O)CN2CCCC[C@@H]2[C@@H](O)c2ccccc2)CC1. The zero-order valence-corrected chi connectivity index (χ0v) is 16.0. The predicted octanol–water partition coefficient (Wildman–Crippen LogP) is 1.99. The highest BCUT2D eigenvalue weighted by atomic mass is 16.5. The molecule has 1 aromatic carbocycles. The monoisotopic (exact) mass is 374 g/mol. The first-order valence-electron chi connectivity index (χ1n) is 9.93. The molecule has 0 spiro atoms. The van der Waals surface area contributed by atoms with Gasteiger partial charge in [0.05, 0.1) is 25.7 Å². The van der Waals surface area contributed by atoms with Gasteiger partial charge in [-0.2, -0.15) is 0 Å². The third-order valence-electron chi connectivity index (χ3n) is 5.89. The van der Waals surface area contributed by atoms with Crippen LogP contribution in [0.4, 0.5) is 0 Å². The Balaban J connectivity index is 1.58. The van der Waals surface area contributed by atoms with Crippen molar-refractivity contribution in [2.45, 2.75) is 44.2 Å². The van der Waals surface area contributed by atoms with Crippen molar-refractivity contribution in [3.05, 3.63) is 35.9 Å². The lowest BCUT2D eigenvalue weighted by molar-refractivity contribution is -0.149. The van der Waals surface area contributed by atoms with E-state index in [0.29, 0.717) is 32.5 Å². The summed E-state index contributed by atoms with van der Waals surface area (Å²) in [5.41, 5.74) is 0.903. The molecule has 0 radical (unpaired) electrons. The summed E-state index contributed by atoms with van der Waals surface area (Å²) in [6.07, 6.45) is 3.76. The van der Waals surface area contributed by atoms with Crippen LogP contribution in [0.5, 0.6) is 0 Å². The van der Waals surface area contributed by atoms with Crippen molar-refractivity contribution >= 4 is 11.9 Å². The first kappa shape index (κ1) is 19.8. The van der Waals surface area contributed by atoms with Crippen LogP contribution in [-0.2, 0) is 14.3 Å². The van der Waals surface area contributed by atoms with Gasteiger partial charge < -0.3 is 14.7 Å². The molecule has 0 saturated carbocycles. The van der Waals surface area contributed by atoms with Gasteiger partial charge in [0, 0.05) is 19.1 Å². The normalized spacial score (nSPS) is 23.0. The molecule has 2 atom stereocenters. The summed E-state index contributed by atoms with van der Waals surface area (Å²) in [5.74, 6) is -0.184. The molecular weight excluding hydrogens is 344 g/mol. The number of hydrogen-bond donors (Lipinski definition) is 1. The van der Waals surface area contributed by atoms with Crippen molar-refractivity contribution in [3.8, 4) is 0 Å². The first-order chi connectivity index (χ1) is 13.1. The van der Waals surface area contributed by atoms with Crippen molar-refractivity contribution in [3.63, 3.8) is 0 Å². The molecule has 3 rings (SSSR count). The number of carbonyl (C=O) groups excluding carboxylic acids is 2. The van der Waals surface area contributed by atoms with Crippen LogP contribution in [0, 0.1) is 5.92 Å². The van der Waals surface area contributed by atoms with E-state index in [2.05, 4.69) is 4.90 Å². The van der Waals surface area contributed by atoms with Gasteiger partial charge >= 0.3 is 5.97 Å². The van der Waals surface area contributed by atoms with E-state index in [0.717, 1.165) is 31.4 Å². The van der Waals surface area contributed by atoms with E-state index in [1.807, 2.05) is 35.2 Å². The number of piperidine rings is 2. The lowest BCUT2D eigenvalue weighted by atomic mass is 9.92. The Morgan fingerprint density at radius 1 is 1.11 bits per heavy atom. The third kappa shape index (κ3) is 4.87. The molecule has 1 N–H and O–H groups in total. The van der Waals surface area contributed by atoms with E-state index in [1.165, 1.54) is 7.11 Å². The second-order valence-corrected chi connectivity index (χ2v) is 7.57. The third-order valence-corrected chi connectivity index (χ3v) is 5.89. The van der Waals surface area contributed by atoms with Gasteiger partial charge in [0.1, 0.15) is 0 Å². The van der Waals surface area contributed by atoms with Crippen molar-refractivity contribution in [1.29, 1.82) is 0 Å². The van der Waals surface area contributed by atoms with Crippen molar-refractivity contribution < 1.29 is 19.4 Å². The van der Waals surface area contributed by atoms with Crippen LogP contribution in [0.1, 0.15) is 43.8 Å². The summed E-state index contributed by atoms with van der Waals surface area (Å²) in [5, 5.41) is 10.8.